The monoisotopic (exact) mass is 280 g/mol. The third-order valence-electron chi connectivity index (χ3n) is 4.33. The molecule has 2 aliphatic rings. The van der Waals surface area contributed by atoms with E-state index in [2.05, 4.69) is 23.2 Å². The summed E-state index contributed by atoms with van der Waals surface area (Å²) in [4.78, 5) is 14.4. The number of amides is 1. The van der Waals surface area contributed by atoms with Crippen molar-refractivity contribution in [3.8, 4) is 0 Å². The lowest BCUT2D eigenvalue weighted by Crippen LogP contribution is -2.51. The van der Waals surface area contributed by atoms with Crippen molar-refractivity contribution in [3.63, 3.8) is 0 Å². The lowest BCUT2D eigenvalue weighted by Gasteiger charge is -2.34. The maximum atomic E-state index is 12.2. The van der Waals surface area contributed by atoms with Gasteiger partial charge < -0.3 is 10.1 Å². The van der Waals surface area contributed by atoms with E-state index in [1.807, 2.05) is 6.92 Å². The molecular weight excluding hydrogens is 252 g/mol. The molecule has 114 valence electrons. The van der Waals surface area contributed by atoms with E-state index in [0.717, 1.165) is 32.7 Å². The normalized spacial score (nSPS) is 25.9. The van der Waals surface area contributed by atoms with Crippen LogP contribution < -0.4 is 5.32 Å². The Bertz CT molecular complexity index is 354. The molecule has 0 bridgehead atoms. The van der Waals surface area contributed by atoms with Crippen LogP contribution in [0, 0.1) is 0 Å². The summed E-state index contributed by atoms with van der Waals surface area (Å²) < 4.78 is 5.52. The van der Waals surface area contributed by atoms with E-state index in [0.29, 0.717) is 0 Å². The Morgan fingerprint density at radius 3 is 3.10 bits per heavy atom. The van der Waals surface area contributed by atoms with E-state index < -0.39 is 0 Å². The Kier molecular flexibility index (Phi) is 6.05. The fourth-order valence-corrected chi connectivity index (χ4v) is 2.99. The fourth-order valence-electron chi connectivity index (χ4n) is 2.99. The lowest BCUT2D eigenvalue weighted by molar-refractivity contribution is -0.128. The minimum absolute atomic E-state index is 0.0540. The van der Waals surface area contributed by atoms with Crippen molar-refractivity contribution in [1.82, 2.24) is 10.2 Å². The average Bonchev–Trinajstić information content (AvgIpc) is 2.47. The zero-order valence-electron chi connectivity index (χ0n) is 12.9. The fraction of sp³-hybridized carbons (Fsp3) is 0.812. The lowest BCUT2D eigenvalue weighted by atomic mass is 9.97. The number of allylic oxidation sites excluding steroid dienone is 1. The number of carbonyl (C=O) groups excluding carboxylic acids is 1. The van der Waals surface area contributed by atoms with Gasteiger partial charge in [0.2, 0.25) is 5.91 Å². The van der Waals surface area contributed by atoms with Crippen LogP contribution in [0.2, 0.25) is 0 Å². The first-order valence-corrected chi connectivity index (χ1v) is 7.98. The Labute approximate surface area is 122 Å². The second-order valence-electron chi connectivity index (χ2n) is 6.00. The SMILES string of the molecule is CC1CN(C(C)C(=O)NCCC2=CCCCC2)CCO1. The van der Waals surface area contributed by atoms with Gasteiger partial charge in [-0.25, -0.2) is 0 Å². The van der Waals surface area contributed by atoms with Crippen molar-refractivity contribution in [1.29, 1.82) is 0 Å². The molecule has 1 aliphatic carbocycles. The number of rotatable bonds is 5. The molecule has 0 saturated carbocycles. The zero-order chi connectivity index (χ0) is 14.4. The minimum Gasteiger partial charge on any atom is -0.376 e. The van der Waals surface area contributed by atoms with Crippen LogP contribution in [-0.4, -0.2) is 49.2 Å². The number of carbonyl (C=O) groups is 1. The number of nitrogens with zero attached hydrogens (tertiary/aromatic N) is 1. The summed E-state index contributed by atoms with van der Waals surface area (Å²) in [5.41, 5.74) is 1.52. The van der Waals surface area contributed by atoms with Crippen molar-refractivity contribution in [2.45, 2.75) is 58.1 Å². The summed E-state index contributed by atoms with van der Waals surface area (Å²) in [6.45, 7) is 7.25. The molecule has 2 rings (SSSR count). The van der Waals surface area contributed by atoms with Crippen molar-refractivity contribution in [2.75, 3.05) is 26.2 Å². The molecule has 0 aromatic carbocycles. The molecule has 1 heterocycles. The maximum absolute atomic E-state index is 12.2. The van der Waals surface area contributed by atoms with Crippen molar-refractivity contribution in [3.05, 3.63) is 11.6 Å². The Balaban J connectivity index is 1.69. The van der Waals surface area contributed by atoms with Gasteiger partial charge in [0.15, 0.2) is 0 Å². The Morgan fingerprint density at radius 2 is 2.40 bits per heavy atom. The van der Waals surface area contributed by atoms with E-state index in [1.165, 1.54) is 31.3 Å². The second kappa shape index (κ2) is 7.79. The molecule has 0 radical (unpaired) electrons. The largest absolute Gasteiger partial charge is 0.376 e. The molecular formula is C16H28N2O2. The number of nitrogens with one attached hydrogen (secondary N) is 1. The summed E-state index contributed by atoms with van der Waals surface area (Å²) in [6.07, 6.45) is 8.65. The highest BCUT2D eigenvalue weighted by Crippen LogP contribution is 2.19. The maximum Gasteiger partial charge on any atom is 0.237 e. The van der Waals surface area contributed by atoms with Gasteiger partial charge >= 0.3 is 0 Å². The van der Waals surface area contributed by atoms with Gasteiger partial charge in [-0.1, -0.05) is 11.6 Å². The second-order valence-corrected chi connectivity index (χ2v) is 6.00. The summed E-state index contributed by atoms with van der Waals surface area (Å²) in [6, 6.07) is -0.0540. The topological polar surface area (TPSA) is 41.6 Å². The average molecular weight is 280 g/mol. The van der Waals surface area contributed by atoms with Crippen molar-refractivity contribution in [2.24, 2.45) is 0 Å². The van der Waals surface area contributed by atoms with Gasteiger partial charge in [0.25, 0.3) is 0 Å². The van der Waals surface area contributed by atoms with E-state index in [-0.39, 0.29) is 18.1 Å². The Hall–Kier alpha value is -0.870. The first-order valence-electron chi connectivity index (χ1n) is 7.98. The molecule has 1 N–H and O–H groups in total. The molecule has 1 amide bonds. The van der Waals surface area contributed by atoms with Crippen LogP contribution in [0.4, 0.5) is 0 Å². The first kappa shape index (κ1) is 15.5. The quantitative estimate of drug-likeness (QED) is 0.784. The molecule has 4 nitrogen and oxygen atoms in total. The first-order chi connectivity index (χ1) is 9.66. The van der Waals surface area contributed by atoms with Gasteiger partial charge in [0.05, 0.1) is 18.8 Å². The predicted octanol–water partition coefficient (Wildman–Crippen LogP) is 2.10. The number of hydrogen-bond acceptors (Lipinski definition) is 3. The molecule has 2 unspecified atom stereocenters. The van der Waals surface area contributed by atoms with Gasteiger partial charge in [0, 0.05) is 19.6 Å². The van der Waals surface area contributed by atoms with Crippen LogP contribution in [0.3, 0.4) is 0 Å². The van der Waals surface area contributed by atoms with Crippen LogP contribution in [0.25, 0.3) is 0 Å². The molecule has 1 fully saturated rings. The third kappa shape index (κ3) is 4.60. The molecule has 1 saturated heterocycles. The molecule has 20 heavy (non-hydrogen) atoms. The van der Waals surface area contributed by atoms with Gasteiger partial charge in [-0.2, -0.15) is 0 Å². The van der Waals surface area contributed by atoms with E-state index in [1.54, 1.807) is 0 Å². The summed E-state index contributed by atoms with van der Waals surface area (Å²) in [5.74, 6) is 0.149. The van der Waals surface area contributed by atoms with Gasteiger partial charge in [-0.3, -0.25) is 9.69 Å². The van der Waals surface area contributed by atoms with Crippen molar-refractivity contribution < 1.29 is 9.53 Å². The van der Waals surface area contributed by atoms with E-state index >= 15 is 0 Å². The van der Waals surface area contributed by atoms with Crippen LogP contribution in [0.15, 0.2) is 11.6 Å². The minimum atomic E-state index is -0.0540. The highest BCUT2D eigenvalue weighted by atomic mass is 16.5. The van der Waals surface area contributed by atoms with Crippen LogP contribution in [0.1, 0.15) is 46.0 Å². The van der Waals surface area contributed by atoms with E-state index in [4.69, 9.17) is 4.74 Å². The number of hydrogen-bond donors (Lipinski definition) is 1. The Morgan fingerprint density at radius 1 is 1.55 bits per heavy atom. The highest BCUT2D eigenvalue weighted by Gasteiger charge is 2.25. The molecule has 0 aromatic rings. The molecule has 0 aromatic heterocycles. The molecule has 2 atom stereocenters. The zero-order valence-corrected chi connectivity index (χ0v) is 12.9. The standard InChI is InChI=1S/C16H28N2O2/c1-13-12-18(10-11-20-13)14(2)16(19)17-9-8-15-6-4-3-5-7-15/h6,13-14H,3-5,7-12H2,1-2H3,(H,17,19). The van der Waals surface area contributed by atoms with Crippen molar-refractivity contribution >= 4 is 5.91 Å². The molecule has 4 heteroatoms. The highest BCUT2D eigenvalue weighted by molar-refractivity contribution is 5.81. The number of ether oxygens (including phenoxy) is 1. The summed E-state index contributed by atoms with van der Waals surface area (Å²) >= 11 is 0. The van der Waals surface area contributed by atoms with Crippen LogP contribution in [-0.2, 0) is 9.53 Å². The summed E-state index contributed by atoms with van der Waals surface area (Å²) in [5, 5.41) is 3.08. The van der Waals surface area contributed by atoms with E-state index in [9.17, 15) is 4.79 Å². The predicted molar refractivity (Wildman–Crippen MR) is 80.6 cm³/mol. The number of morpholine rings is 1. The summed E-state index contributed by atoms with van der Waals surface area (Å²) in [7, 11) is 0. The smallest absolute Gasteiger partial charge is 0.237 e. The van der Waals surface area contributed by atoms with Crippen LogP contribution >= 0.6 is 0 Å². The van der Waals surface area contributed by atoms with Gasteiger partial charge in [0.1, 0.15) is 0 Å². The molecule has 1 aliphatic heterocycles. The van der Waals surface area contributed by atoms with Gasteiger partial charge in [-0.05, 0) is 46.0 Å². The van der Waals surface area contributed by atoms with Gasteiger partial charge in [-0.15, -0.1) is 0 Å². The third-order valence-corrected chi connectivity index (χ3v) is 4.33. The van der Waals surface area contributed by atoms with Crippen LogP contribution in [0.5, 0.6) is 0 Å². The molecule has 0 spiro atoms.